The highest BCUT2D eigenvalue weighted by Crippen LogP contribution is 2.24. The maximum absolute atomic E-state index is 12.5. The van der Waals surface area contributed by atoms with E-state index in [1.165, 1.54) is 25.8 Å². The van der Waals surface area contributed by atoms with Crippen LogP contribution in [0.15, 0.2) is 4.90 Å². The largest absolute Gasteiger partial charge is 0.468 e. The van der Waals surface area contributed by atoms with E-state index in [0.29, 0.717) is 0 Å². The van der Waals surface area contributed by atoms with Crippen LogP contribution >= 0.6 is 11.6 Å². The number of nitrogens with one attached hydrogen (secondary N) is 1. The molecule has 0 bridgehead atoms. The maximum atomic E-state index is 12.5. The summed E-state index contributed by atoms with van der Waals surface area (Å²) in [7, 11) is -1.38. The Balaban J connectivity index is 3.08. The van der Waals surface area contributed by atoms with Gasteiger partial charge in [-0.2, -0.15) is 9.82 Å². The fraction of sp³-hybridized carbons (Fsp3) is 0.692. The van der Waals surface area contributed by atoms with Crippen molar-refractivity contribution in [1.82, 2.24) is 14.5 Å². The molecule has 1 atom stereocenters. The first-order valence-corrected chi connectivity index (χ1v) is 8.68. The molecule has 0 aliphatic heterocycles. The van der Waals surface area contributed by atoms with E-state index < -0.39 is 27.6 Å². The van der Waals surface area contributed by atoms with Gasteiger partial charge in [0.2, 0.25) is 10.0 Å². The van der Waals surface area contributed by atoms with Gasteiger partial charge in [-0.3, -0.25) is 9.48 Å². The van der Waals surface area contributed by atoms with Gasteiger partial charge < -0.3 is 9.47 Å². The fourth-order valence-corrected chi connectivity index (χ4v) is 3.71. The highest BCUT2D eigenvalue weighted by atomic mass is 35.5. The molecule has 0 saturated heterocycles. The summed E-state index contributed by atoms with van der Waals surface area (Å²) in [6, 6.07) is -1.19. The minimum Gasteiger partial charge on any atom is -0.468 e. The number of hydrogen-bond donors (Lipinski definition) is 1. The third kappa shape index (κ3) is 5.17. The zero-order valence-electron chi connectivity index (χ0n) is 14.0. The van der Waals surface area contributed by atoms with Crippen molar-refractivity contribution in [3.8, 4) is 0 Å². The van der Waals surface area contributed by atoms with Crippen LogP contribution < -0.4 is 4.72 Å². The molecular formula is C13H22ClN3O5S. The maximum Gasteiger partial charge on any atom is 0.326 e. The van der Waals surface area contributed by atoms with E-state index in [-0.39, 0.29) is 22.3 Å². The smallest absolute Gasteiger partial charge is 0.326 e. The van der Waals surface area contributed by atoms with Gasteiger partial charge in [-0.1, -0.05) is 11.6 Å². The van der Waals surface area contributed by atoms with E-state index in [0.717, 1.165) is 0 Å². The summed E-state index contributed by atoms with van der Waals surface area (Å²) in [4.78, 5) is 11.7. The van der Waals surface area contributed by atoms with Crippen molar-refractivity contribution in [1.29, 1.82) is 0 Å². The lowest BCUT2D eigenvalue weighted by Gasteiger charge is -2.23. The molecule has 1 aromatic rings. The van der Waals surface area contributed by atoms with Crippen LogP contribution in [0, 0.1) is 6.92 Å². The molecular weight excluding hydrogens is 346 g/mol. The third-order valence-electron chi connectivity index (χ3n) is 2.83. The van der Waals surface area contributed by atoms with E-state index in [4.69, 9.17) is 16.3 Å². The van der Waals surface area contributed by atoms with E-state index in [1.54, 1.807) is 20.8 Å². The number of methoxy groups -OCH3 is 1. The van der Waals surface area contributed by atoms with E-state index in [2.05, 4.69) is 14.6 Å². The van der Waals surface area contributed by atoms with Crippen LogP contribution in [0.1, 0.15) is 26.5 Å². The topological polar surface area (TPSA) is 99.5 Å². The summed E-state index contributed by atoms with van der Waals surface area (Å²) in [5.74, 6) is -0.754. The Bertz CT molecular complexity index is 679. The van der Waals surface area contributed by atoms with Crippen LogP contribution in [0.5, 0.6) is 0 Å². The summed E-state index contributed by atoms with van der Waals surface area (Å²) in [5, 5.41) is 3.91. The average molecular weight is 368 g/mol. The highest BCUT2D eigenvalue weighted by Gasteiger charge is 2.32. The molecule has 0 aliphatic rings. The predicted molar refractivity (Wildman–Crippen MR) is 84.8 cm³/mol. The first-order chi connectivity index (χ1) is 10.4. The lowest BCUT2D eigenvalue weighted by molar-refractivity contribution is -0.145. The van der Waals surface area contributed by atoms with Crippen molar-refractivity contribution < 1.29 is 22.7 Å². The molecule has 1 N–H and O–H groups in total. The van der Waals surface area contributed by atoms with Gasteiger partial charge in [-0.15, -0.1) is 0 Å². The second kappa shape index (κ2) is 7.16. The number of esters is 1. The number of sulfonamides is 1. The van der Waals surface area contributed by atoms with Gasteiger partial charge in [0.25, 0.3) is 0 Å². The van der Waals surface area contributed by atoms with Gasteiger partial charge in [-0.25, -0.2) is 8.42 Å². The highest BCUT2D eigenvalue weighted by molar-refractivity contribution is 7.89. The van der Waals surface area contributed by atoms with Crippen molar-refractivity contribution >= 4 is 27.6 Å². The Morgan fingerprint density at radius 3 is 2.39 bits per heavy atom. The summed E-state index contributed by atoms with van der Waals surface area (Å²) >= 11 is 5.98. The minimum absolute atomic E-state index is 0.0460. The summed E-state index contributed by atoms with van der Waals surface area (Å²) in [6.07, 6.45) is 0. The Kier molecular flexibility index (Phi) is 6.19. The monoisotopic (exact) mass is 367 g/mol. The number of nitrogens with zero attached hydrogens (tertiary/aromatic N) is 2. The Morgan fingerprint density at radius 2 is 2.00 bits per heavy atom. The van der Waals surface area contributed by atoms with Gasteiger partial charge in [0, 0.05) is 7.05 Å². The lowest BCUT2D eigenvalue weighted by Crippen LogP contribution is -2.46. The van der Waals surface area contributed by atoms with Gasteiger partial charge in [0.05, 0.1) is 25.0 Å². The number of ether oxygens (including phenoxy) is 2. The predicted octanol–water partition coefficient (Wildman–Crippen LogP) is 1.02. The molecule has 1 aromatic heterocycles. The number of rotatable bonds is 6. The first-order valence-electron chi connectivity index (χ1n) is 6.82. The molecule has 0 amide bonds. The molecule has 0 saturated carbocycles. The van der Waals surface area contributed by atoms with Crippen LogP contribution in [0.3, 0.4) is 0 Å². The van der Waals surface area contributed by atoms with Crippen molar-refractivity contribution in [2.24, 2.45) is 7.05 Å². The number of hydrogen-bond acceptors (Lipinski definition) is 6. The fourth-order valence-electron chi connectivity index (χ4n) is 1.79. The Morgan fingerprint density at radius 1 is 1.43 bits per heavy atom. The van der Waals surface area contributed by atoms with Gasteiger partial charge in [0.1, 0.15) is 16.1 Å². The lowest BCUT2D eigenvalue weighted by atomic mass is 10.2. The zero-order valence-corrected chi connectivity index (χ0v) is 15.6. The van der Waals surface area contributed by atoms with Crippen molar-refractivity contribution in [3.05, 3.63) is 10.8 Å². The molecule has 23 heavy (non-hydrogen) atoms. The Labute approximate surface area is 141 Å². The van der Waals surface area contributed by atoms with Crippen LogP contribution in [-0.2, 0) is 31.3 Å². The quantitative estimate of drug-likeness (QED) is 0.753. The zero-order chi connectivity index (χ0) is 18.0. The minimum atomic E-state index is -4.07. The van der Waals surface area contributed by atoms with Crippen molar-refractivity contribution in [2.45, 2.75) is 44.2 Å². The van der Waals surface area contributed by atoms with Gasteiger partial charge >= 0.3 is 5.97 Å². The number of halogens is 1. The number of aryl methyl sites for hydroxylation is 2. The normalized spacial score (nSPS) is 13.9. The third-order valence-corrected chi connectivity index (χ3v) is 5.00. The molecule has 8 nitrogen and oxygen atoms in total. The second-order valence-corrected chi connectivity index (χ2v) is 7.96. The van der Waals surface area contributed by atoms with Crippen molar-refractivity contribution in [3.63, 3.8) is 0 Å². The van der Waals surface area contributed by atoms with Gasteiger partial charge in [-0.05, 0) is 27.7 Å². The molecule has 0 aromatic carbocycles. The SMILES string of the molecule is COC(=O)[C@H](COC(C)(C)C)NS(=O)(=O)c1c(C)nn(C)c1Cl. The number of carbonyl (C=O) groups excluding carboxylic acids is 1. The van der Waals surface area contributed by atoms with Crippen LogP contribution in [0.25, 0.3) is 0 Å². The van der Waals surface area contributed by atoms with E-state index >= 15 is 0 Å². The molecule has 10 heteroatoms. The summed E-state index contributed by atoms with van der Waals surface area (Å²) < 4.78 is 38.7. The molecule has 132 valence electrons. The molecule has 0 radical (unpaired) electrons. The van der Waals surface area contributed by atoms with E-state index in [9.17, 15) is 13.2 Å². The molecule has 0 aliphatic carbocycles. The average Bonchev–Trinajstić information content (AvgIpc) is 2.66. The summed E-state index contributed by atoms with van der Waals surface area (Å²) in [6.45, 7) is 6.71. The molecule has 0 spiro atoms. The molecule has 1 heterocycles. The standard InChI is InChI=1S/C13H22ClN3O5S/c1-8-10(11(14)17(5)15-8)23(19,20)16-9(12(18)21-6)7-22-13(2,3)4/h9,16H,7H2,1-6H3/t9-/m0/s1. The van der Waals surface area contributed by atoms with Gasteiger partial charge in [0.15, 0.2) is 0 Å². The van der Waals surface area contributed by atoms with Crippen LogP contribution in [0.4, 0.5) is 0 Å². The number of aromatic nitrogens is 2. The van der Waals surface area contributed by atoms with E-state index in [1.807, 2.05) is 0 Å². The van der Waals surface area contributed by atoms with Crippen LogP contribution in [0.2, 0.25) is 5.15 Å². The summed E-state index contributed by atoms with van der Waals surface area (Å²) in [5.41, 5.74) is -0.315. The van der Waals surface area contributed by atoms with Crippen molar-refractivity contribution in [2.75, 3.05) is 13.7 Å². The number of carbonyl (C=O) groups is 1. The Hall–Kier alpha value is -1.16. The second-order valence-electron chi connectivity index (χ2n) is 5.95. The van der Waals surface area contributed by atoms with Crippen LogP contribution in [-0.4, -0.2) is 49.5 Å². The first kappa shape index (κ1) is 19.9. The molecule has 1 rings (SSSR count). The molecule has 0 unspecified atom stereocenters. The molecule has 0 fully saturated rings.